The molecule has 3 aromatic rings. The lowest BCUT2D eigenvalue weighted by Crippen LogP contribution is -2.31. The molecule has 0 radical (unpaired) electrons. The SMILES string of the molecule is CNC(=O)C(Cn1c2c(c3cc(C)ccc31)CN(C)CC2)c1ccc(C)nc1. The van der Waals surface area contributed by atoms with Crippen LogP contribution in [0.5, 0.6) is 0 Å². The first-order chi connectivity index (χ1) is 13.5. The second-order valence-corrected chi connectivity index (χ2v) is 7.94. The van der Waals surface area contributed by atoms with Crippen LogP contribution in [0.25, 0.3) is 10.9 Å². The highest BCUT2D eigenvalue weighted by atomic mass is 16.1. The van der Waals surface area contributed by atoms with Gasteiger partial charge in [0.2, 0.25) is 5.91 Å². The number of carbonyl (C=O) groups is 1. The summed E-state index contributed by atoms with van der Waals surface area (Å²) in [5, 5.41) is 4.17. The molecule has 5 heteroatoms. The smallest absolute Gasteiger partial charge is 0.229 e. The second kappa shape index (κ2) is 7.40. The zero-order valence-corrected chi connectivity index (χ0v) is 17.1. The number of amides is 1. The number of fused-ring (bicyclic) bond motifs is 3. The van der Waals surface area contributed by atoms with E-state index in [0.717, 1.165) is 30.8 Å². The van der Waals surface area contributed by atoms with Gasteiger partial charge in [-0.25, -0.2) is 0 Å². The summed E-state index contributed by atoms with van der Waals surface area (Å²) in [6, 6.07) is 10.7. The summed E-state index contributed by atoms with van der Waals surface area (Å²) in [6.45, 7) is 6.73. The van der Waals surface area contributed by atoms with Gasteiger partial charge in [0.15, 0.2) is 0 Å². The number of carbonyl (C=O) groups excluding carboxylic acids is 1. The van der Waals surface area contributed by atoms with Crippen molar-refractivity contribution >= 4 is 16.8 Å². The van der Waals surface area contributed by atoms with Crippen LogP contribution in [0.2, 0.25) is 0 Å². The van der Waals surface area contributed by atoms with E-state index in [2.05, 4.69) is 51.9 Å². The Balaban J connectivity index is 1.83. The fourth-order valence-electron chi connectivity index (χ4n) is 4.29. The van der Waals surface area contributed by atoms with Crippen LogP contribution in [-0.2, 0) is 24.3 Å². The normalized spacial score (nSPS) is 15.4. The van der Waals surface area contributed by atoms with Gasteiger partial charge in [0.1, 0.15) is 0 Å². The van der Waals surface area contributed by atoms with Gasteiger partial charge in [0.25, 0.3) is 0 Å². The molecule has 3 heterocycles. The Morgan fingerprint density at radius 2 is 2.07 bits per heavy atom. The van der Waals surface area contributed by atoms with Gasteiger partial charge in [-0.3, -0.25) is 9.78 Å². The van der Waals surface area contributed by atoms with Crippen LogP contribution in [0.1, 0.15) is 34.0 Å². The average molecular weight is 377 g/mol. The summed E-state index contributed by atoms with van der Waals surface area (Å²) >= 11 is 0. The van der Waals surface area contributed by atoms with Crippen LogP contribution in [0.4, 0.5) is 0 Å². The number of hydrogen-bond donors (Lipinski definition) is 1. The lowest BCUT2D eigenvalue weighted by Gasteiger charge is -2.25. The molecule has 5 nitrogen and oxygen atoms in total. The number of nitrogens with one attached hydrogen (secondary N) is 1. The number of aryl methyl sites for hydroxylation is 2. The Hall–Kier alpha value is -2.66. The Bertz CT molecular complexity index is 1020. The minimum atomic E-state index is -0.265. The summed E-state index contributed by atoms with van der Waals surface area (Å²) in [5.41, 5.74) is 7.19. The Kier molecular flexibility index (Phi) is 4.94. The highest BCUT2D eigenvalue weighted by Gasteiger charge is 2.27. The third-order valence-corrected chi connectivity index (χ3v) is 5.87. The van der Waals surface area contributed by atoms with Crippen LogP contribution >= 0.6 is 0 Å². The number of aromatic nitrogens is 2. The first kappa shape index (κ1) is 18.7. The predicted octanol–water partition coefficient (Wildman–Crippen LogP) is 3.17. The summed E-state index contributed by atoms with van der Waals surface area (Å²) in [7, 11) is 3.88. The summed E-state index contributed by atoms with van der Waals surface area (Å²) in [6.07, 6.45) is 2.84. The average Bonchev–Trinajstić information content (AvgIpc) is 2.98. The van der Waals surface area contributed by atoms with Crippen LogP contribution in [0, 0.1) is 13.8 Å². The van der Waals surface area contributed by atoms with E-state index in [0.29, 0.717) is 6.54 Å². The van der Waals surface area contributed by atoms with E-state index in [1.54, 1.807) is 7.05 Å². The lowest BCUT2D eigenvalue weighted by molar-refractivity contribution is -0.122. The van der Waals surface area contributed by atoms with Gasteiger partial charge in [0.05, 0.1) is 5.92 Å². The molecular formula is C23H28N4O. The first-order valence-corrected chi connectivity index (χ1v) is 9.91. The second-order valence-electron chi connectivity index (χ2n) is 7.94. The van der Waals surface area contributed by atoms with Gasteiger partial charge >= 0.3 is 0 Å². The van der Waals surface area contributed by atoms with Gasteiger partial charge in [-0.05, 0) is 50.2 Å². The number of hydrogen-bond acceptors (Lipinski definition) is 3. The molecule has 1 unspecified atom stereocenters. The fraction of sp³-hybridized carbons (Fsp3) is 0.391. The zero-order valence-electron chi connectivity index (χ0n) is 17.1. The predicted molar refractivity (Wildman–Crippen MR) is 112 cm³/mol. The van der Waals surface area contributed by atoms with Crippen LogP contribution < -0.4 is 5.32 Å². The van der Waals surface area contributed by atoms with E-state index in [9.17, 15) is 4.79 Å². The monoisotopic (exact) mass is 376 g/mol. The van der Waals surface area contributed by atoms with Crippen LogP contribution in [0.3, 0.4) is 0 Å². The maximum absolute atomic E-state index is 12.8. The largest absolute Gasteiger partial charge is 0.359 e. The molecule has 1 aromatic carbocycles. The van der Waals surface area contributed by atoms with E-state index in [1.165, 1.54) is 27.7 Å². The van der Waals surface area contributed by atoms with Crippen molar-refractivity contribution in [2.45, 2.75) is 39.3 Å². The topological polar surface area (TPSA) is 50.2 Å². The number of likely N-dealkylation sites (N-methyl/N-ethyl adjacent to an activating group) is 2. The molecule has 1 N–H and O–H groups in total. The highest BCUT2D eigenvalue weighted by Crippen LogP contribution is 2.33. The minimum absolute atomic E-state index is 0.0290. The Morgan fingerprint density at radius 3 is 2.79 bits per heavy atom. The van der Waals surface area contributed by atoms with Crippen molar-refractivity contribution in [3.63, 3.8) is 0 Å². The van der Waals surface area contributed by atoms with Crippen molar-refractivity contribution in [3.8, 4) is 0 Å². The molecule has 1 amide bonds. The molecule has 146 valence electrons. The minimum Gasteiger partial charge on any atom is -0.359 e. The Labute approximate surface area is 166 Å². The Morgan fingerprint density at radius 1 is 1.25 bits per heavy atom. The molecule has 1 aliphatic heterocycles. The fourth-order valence-corrected chi connectivity index (χ4v) is 4.29. The van der Waals surface area contributed by atoms with Gasteiger partial charge in [-0.2, -0.15) is 0 Å². The van der Waals surface area contributed by atoms with Crippen molar-refractivity contribution in [1.82, 2.24) is 19.8 Å². The third-order valence-electron chi connectivity index (χ3n) is 5.87. The molecule has 0 aliphatic carbocycles. The number of nitrogens with zero attached hydrogens (tertiary/aromatic N) is 3. The summed E-state index contributed by atoms with van der Waals surface area (Å²) < 4.78 is 2.37. The molecular weight excluding hydrogens is 348 g/mol. The van der Waals surface area contributed by atoms with Gasteiger partial charge in [0, 0.05) is 61.6 Å². The molecule has 0 spiro atoms. The quantitative estimate of drug-likeness (QED) is 0.761. The van der Waals surface area contributed by atoms with E-state index in [1.807, 2.05) is 25.3 Å². The van der Waals surface area contributed by atoms with Crippen molar-refractivity contribution < 1.29 is 4.79 Å². The summed E-state index contributed by atoms with van der Waals surface area (Å²) in [4.78, 5) is 19.6. The van der Waals surface area contributed by atoms with Gasteiger partial charge in [-0.15, -0.1) is 0 Å². The molecule has 28 heavy (non-hydrogen) atoms. The van der Waals surface area contributed by atoms with Crippen LogP contribution in [-0.4, -0.2) is 41.0 Å². The van der Waals surface area contributed by atoms with E-state index < -0.39 is 0 Å². The van der Waals surface area contributed by atoms with Gasteiger partial charge in [-0.1, -0.05) is 17.7 Å². The standard InChI is InChI=1S/C23H28N4O/c1-15-5-8-21-18(11-15)20-13-26(4)10-9-22(20)27(21)14-19(23(28)24-3)17-7-6-16(2)25-12-17/h5-8,11-12,19H,9-10,13-14H2,1-4H3,(H,24,28). The highest BCUT2D eigenvalue weighted by molar-refractivity contribution is 5.87. The molecule has 0 fully saturated rings. The molecule has 1 aliphatic rings. The van der Waals surface area contributed by atoms with Crippen molar-refractivity contribution in [2.24, 2.45) is 0 Å². The zero-order chi connectivity index (χ0) is 19.8. The first-order valence-electron chi connectivity index (χ1n) is 9.91. The number of benzene rings is 1. The molecule has 0 bridgehead atoms. The maximum atomic E-state index is 12.8. The van der Waals surface area contributed by atoms with Crippen molar-refractivity contribution in [1.29, 1.82) is 0 Å². The number of rotatable bonds is 4. The molecule has 0 saturated carbocycles. The molecule has 0 saturated heterocycles. The number of pyridine rings is 1. The molecule has 2 aromatic heterocycles. The van der Waals surface area contributed by atoms with E-state index in [-0.39, 0.29) is 11.8 Å². The van der Waals surface area contributed by atoms with E-state index in [4.69, 9.17) is 0 Å². The summed E-state index contributed by atoms with van der Waals surface area (Å²) in [5.74, 6) is -0.236. The third kappa shape index (κ3) is 3.31. The van der Waals surface area contributed by atoms with Crippen molar-refractivity contribution in [3.05, 3.63) is 64.6 Å². The van der Waals surface area contributed by atoms with E-state index >= 15 is 0 Å². The van der Waals surface area contributed by atoms with Gasteiger partial charge < -0.3 is 14.8 Å². The van der Waals surface area contributed by atoms with Crippen LogP contribution in [0.15, 0.2) is 36.5 Å². The lowest BCUT2D eigenvalue weighted by atomic mass is 9.99. The van der Waals surface area contributed by atoms with Crippen molar-refractivity contribution in [2.75, 3.05) is 20.6 Å². The molecule has 4 rings (SSSR count). The maximum Gasteiger partial charge on any atom is 0.229 e. The molecule has 1 atom stereocenters.